The van der Waals surface area contributed by atoms with Gasteiger partial charge in [0.15, 0.2) is 0 Å². The topological polar surface area (TPSA) is 15.3 Å². The smallest absolute Gasteiger partial charge is 0.0210 e. The van der Waals surface area contributed by atoms with Crippen LogP contribution < -0.4 is 5.32 Å². The highest BCUT2D eigenvalue weighted by Gasteiger charge is 2.03. The Morgan fingerprint density at radius 1 is 1.00 bits per heavy atom. The summed E-state index contributed by atoms with van der Waals surface area (Å²) < 4.78 is 0. The molecule has 1 aromatic rings. The number of benzene rings is 1. The van der Waals surface area contributed by atoms with Gasteiger partial charge in [-0.2, -0.15) is 0 Å². The summed E-state index contributed by atoms with van der Waals surface area (Å²) in [6, 6.07) is 4.55. The van der Waals surface area contributed by atoms with Crippen LogP contribution in [0.25, 0.3) is 0 Å². The van der Waals surface area contributed by atoms with Gasteiger partial charge in [-0.3, -0.25) is 0 Å². The zero-order valence-electron chi connectivity index (χ0n) is 12.6. The lowest BCUT2D eigenvalue weighted by molar-refractivity contribution is 0.391. The van der Waals surface area contributed by atoms with E-state index >= 15 is 0 Å². The van der Waals surface area contributed by atoms with Crippen LogP contribution in [0.4, 0.5) is 0 Å². The van der Waals surface area contributed by atoms with Gasteiger partial charge in [-0.25, -0.2) is 0 Å². The number of aryl methyl sites for hydroxylation is 3. The summed E-state index contributed by atoms with van der Waals surface area (Å²) in [5, 5.41) is 3.56. The minimum absolute atomic E-state index is 1.000. The van der Waals surface area contributed by atoms with E-state index in [1.54, 1.807) is 0 Å². The molecule has 0 atom stereocenters. The molecule has 102 valence electrons. The van der Waals surface area contributed by atoms with E-state index in [0.29, 0.717) is 0 Å². The van der Waals surface area contributed by atoms with Crippen LogP contribution in [0.2, 0.25) is 0 Å². The second kappa shape index (κ2) is 7.55. The fourth-order valence-electron chi connectivity index (χ4n) is 2.38. The molecule has 0 saturated heterocycles. The average molecular weight is 248 g/mol. The maximum atomic E-state index is 3.56. The highest BCUT2D eigenvalue weighted by molar-refractivity contribution is 5.37. The molecule has 2 nitrogen and oxygen atoms in total. The van der Waals surface area contributed by atoms with E-state index in [1.807, 2.05) is 0 Å². The van der Waals surface area contributed by atoms with Gasteiger partial charge in [0.2, 0.25) is 0 Å². The lowest BCUT2D eigenvalue weighted by Crippen LogP contribution is -2.19. The number of unbranched alkanes of at least 4 members (excludes halogenated alkanes) is 1. The van der Waals surface area contributed by atoms with Gasteiger partial charge in [-0.15, -0.1) is 0 Å². The van der Waals surface area contributed by atoms with Crippen molar-refractivity contribution in [2.45, 2.75) is 40.2 Å². The third-order valence-electron chi connectivity index (χ3n) is 3.35. The molecule has 0 aliphatic rings. The van der Waals surface area contributed by atoms with Crippen LogP contribution in [-0.4, -0.2) is 32.1 Å². The zero-order chi connectivity index (χ0) is 13.5. The quantitative estimate of drug-likeness (QED) is 0.746. The predicted octanol–water partition coefficient (Wildman–Crippen LogP) is 3.04. The maximum Gasteiger partial charge on any atom is 0.0210 e. The summed E-state index contributed by atoms with van der Waals surface area (Å²) in [7, 11) is 4.26. The maximum absolute atomic E-state index is 3.56. The second-order valence-corrected chi connectivity index (χ2v) is 5.56. The van der Waals surface area contributed by atoms with Crippen LogP contribution >= 0.6 is 0 Å². The Balaban J connectivity index is 2.31. The van der Waals surface area contributed by atoms with Gasteiger partial charge >= 0.3 is 0 Å². The Morgan fingerprint density at radius 2 is 1.61 bits per heavy atom. The van der Waals surface area contributed by atoms with E-state index in [0.717, 1.165) is 13.1 Å². The van der Waals surface area contributed by atoms with Crippen molar-refractivity contribution >= 4 is 0 Å². The van der Waals surface area contributed by atoms with E-state index in [1.165, 1.54) is 41.6 Å². The van der Waals surface area contributed by atoms with Crippen LogP contribution in [0.1, 0.15) is 35.1 Å². The fourth-order valence-corrected chi connectivity index (χ4v) is 2.38. The molecule has 0 fully saturated rings. The molecule has 0 unspecified atom stereocenters. The van der Waals surface area contributed by atoms with Crippen LogP contribution in [0, 0.1) is 20.8 Å². The van der Waals surface area contributed by atoms with Crippen molar-refractivity contribution in [3.05, 3.63) is 34.4 Å². The Hall–Kier alpha value is -0.860. The van der Waals surface area contributed by atoms with E-state index in [4.69, 9.17) is 0 Å². The molecule has 0 saturated carbocycles. The summed E-state index contributed by atoms with van der Waals surface area (Å²) >= 11 is 0. The van der Waals surface area contributed by atoms with Crippen molar-refractivity contribution in [1.29, 1.82) is 0 Å². The van der Waals surface area contributed by atoms with Crippen molar-refractivity contribution in [3.63, 3.8) is 0 Å². The number of rotatable bonds is 7. The molecular weight excluding hydrogens is 220 g/mol. The lowest BCUT2D eigenvalue weighted by atomic mass is 10.00. The molecule has 1 rings (SSSR count). The van der Waals surface area contributed by atoms with Gasteiger partial charge in [-0.05, 0) is 77.5 Å². The third-order valence-corrected chi connectivity index (χ3v) is 3.35. The summed E-state index contributed by atoms with van der Waals surface area (Å²) in [5.74, 6) is 0. The van der Waals surface area contributed by atoms with Gasteiger partial charge in [-0.1, -0.05) is 17.7 Å². The highest BCUT2D eigenvalue weighted by Crippen LogP contribution is 2.15. The molecule has 0 radical (unpaired) electrons. The highest BCUT2D eigenvalue weighted by atomic mass is 15.0. The third kappa shape index (κ3) is 5.19. The Labute approximate surface area is 112 Å². The predicted molar refractivity (Wildman–Crippen MR) is 80.1 cm³/mol. The Kier molecular flexibility index (Phi) is 6.37. The largest absolute Gasteiger partial charge is 0.313 e. The average Bonchev–Trinajstić information content (AvgIpc) is 2.25. The van der Waals surface area contributed by atoms with E-state index in [-0.39, 0.29) is 0 Å². The standard InChI is InChI=1S/C16H28N2/c1-13-10-14(2)16(15(3)11-13)12-17-8-6-7-9-18(4)5/h10-11,17H,6-9,12H2,1-5H3. The van der Waals surface area contributed by atoms with Crippen LogP contribution in [0.15, 0.2) is 12.1 Å². The first kappa shape index (κ1) is 15.2. The molecular formula is C16H28N2. The molecule has 0 aliphatic carbocycles. The number of nitrogens with one attached hydrogen (secondary N) is 1. The molecule has 0 aliphatic heterocycles. The van der Waals surface area contributed by atoms with Crippen molar-refractivity contribution in [1.82, 2.24) is 10.2 Å². The molecule has 0 spiro atoms. The Morgan fingerprint density at radius 3 is 2.17 bits per heavy atom. The number of hydrogen-bond acceptors (Lipinski definition) is 2. The van der Waals surface area contributed by atoms with Crippen molar-refractivity contribution in [2.24, 2.45) is 0 Å². The van der Waals surface area contributed by atoms with Gasteiger partial charge in [0.05, 0.1) is 0 Å². The van der Waals surface area contributed by atoms with Crippen LogP contribution in [0.3, 0.4) is 0 Å². The summed E-state index contributed by atoms with van der Waals surface area (Å²) in [5.41, 5.74) is 5.65. The van der Waals surface area contributed by atoms with Gasteiger partial charge in [0, 0.05) is 6.54 Å². The van der Waals surface area contributed by atoms with Crippen molar-refractivity contribution < 1.29 is 0 Å². The molecule has 18 heavy (non-hydrogen) atoms. The van der Waals surface area contributed by atoms with Gasteiger partial charge in [0.1, 0.15) is 0 Å². The van der Waals surface area contributed by atoms with Crippen LogP contribution in [-0.2, 0) is 6.54 Å². The molecule has 0 bridgehead atoms. The van der Waals surface area contributed by atoms with Gasteiger partial charge < -0.3 is 10.2 Å². The summed E-state index contributed by atoms with van der Waals surface area (Å²) in [6.45, 7) is 9.88. The SMILES string of the molecule is Cc1cc(C)c(CNCCCCN(C)C)c(C)c1. The zero-order valence-corrected chi connectivity index (χ0v) is 12.6. The van der Waals surface area contributed by atoms with E-state index in [2.05, 4.69) is 57.2 Å². The molecule has 1 aromatic carbocycles. The summed E-state index contributed by atoms with van der Waals surface area (Å²) in [4.78, 5) is 2.24. The van der Waals surface area contributed by atoms with Crippen molar-refractivity contribution in [3.8, 4) is 0 Å². The first-order chi connectivity index (χ1) is 8.50. The first-order valence-corrected chi connectivity index (χ1v) is 6.93. The number of nitrogens with zero attached hydrogens (tertiary/aromatic N) is 1. The monoisotopic (exact) mass is 248 g/mol. The molecule has 2 heteroatoms. The summed E-state index contributed by atoms with van der Waals surface area (Å²) in [6.07, 6.45) is 2.52. The fraction of sp³-hybridized carbons (Fsp3) is 0.625. The molecule has 0 aromatic heterocycles. The minimum atomic E-state index is 1.000. The van der Waals surface area contributed by atoms with Gasteiger partial charge in [0.25, 0.3) is 0 Å². The minimum Gasteiger partial charge on any atom is -0.313 e. The van der Waals surface area contributed by atoms with E-state index < -0.39 is 0 Å². The molecule has 0 amide bonds. The number of hydrogen-bond donors (Lipinski definition) is 1. The second-order valence-electron chi connectivity index (χ2n) is 5.56. The molecule has 1 N–H and O–H groups in total. The normalized spacial score (nSPS) is 11.2. The Bertz CT molecular complexity index is 346. The van der Waals surface area contributed by atoms with Crippen LogP contribution in [0.5, 0.6) is 0 Å². The first-order valence-electron chi connectivity index (χ1n) is 6.93. The van der Waals surface area contributed by atoms with E-state index in [9.17, 15) is 0 Å². The molecule has 0 heterocycles. The van der Waals surface area contributed by atoms with Crippen molar-refractivity contribution in [2.75, 3.05) is 27.2 Å². The lowest BCUT2D eigenvalue weighted by Gasteiger charge is -2.13.